The van der Waals surface area contributed by atoms with E-state index in [1.54, 1.807) is 13.2 Å². The number of hydrogen-bond donors (Lipinski definition) is 1. The number of benzene rings is 1. The first kappa shape index (κ1) is 22.7. The van der Waals surface area contributed by atoms with Crippen molar-refractivity contribution in [3.63, 3.8) is 0 Å². The zero-order chi connectivity index (χ0) is 21.4. The van der Waals surface area contributed by atoms with E-state index in [0.29, 0.717) is 25.5 Å². The molecule has 7 heteroatoms. The van der Waals surface area contributed by atoms with Crippen molar-refractivity contribution in [1.82, 2.24) is 9.88 Å². The van der Waals surface area contributed by atoms with Gasteiger partial charge in [-0.3, -0.25) is 4.79 Å². The molecule has 0 fully saturated rings. The van der Waals surface area contributed by atoms with Crippen molar-refractivity contribution >= 4 is 27.9 Å². The van der Waals surface area contributed by atoms with Gasteiger partial charge in [-0.2, -0.15) is 5.26 Å². The van der Waals surface area contributed by atoms with Gasteiger partial charge in [-0.05, 0) is 56.7 Å². The van der Waals surface area contributed by atoms with Gasteiger partial charge in [-0.15, -0.1) is 0 Å². The molecular weight excluding hydrogens is 434 g/mol. The number of carbonyl (C=O) groups excluding carboxylic acids is 1. The standard InChI is InChI=1S/C22H26BrN3O3/c1-15-10-18(17(3)26(15)16(2)14-28-4)11-19(13-24)22(27)25-8-9-29-21-7-5-6-20(23)12-21/h5-7,10-12,16H,8-9,14H2,1-4H3,(H,25,27)/b19-11-. The molecular formula is C22H26BrN3O3. The Hall–Kier alpha value is -2.56. The van der Waals surface area contributed by atoms with E-state index in [9.17, 15) is 10.1 Å². The average Bonchev–Trinajstić information content (AvgIpc) is 2.96. The zero-order valence-corrected chi connectivity index (χ0v) is 18.7. The zero-order valence-electron chi connectivity index (χ0n) is 17.2. The van der Waals surface area contributed by atoms with E-state index in [1.807, 2.05) is 50.2 Å². The SMILES string of the molecule is COCC(C)n1c(C)cc(/C=C(/C#N)C(=O)NCCOc2cccc(Br)c2)c1C. The van der Waals surface area contributed by atoms with Crippen molar-refractivity contribution in [3.8, 4) is 11.8 Å². The summed E-state index contributed by atoms with van der Waals surface area (Å²) >= 11 is 3.38. The molecule has 0 radical (unpaired) electrons. The molecule has 1 unspecified atom stereocenters. The van der Waals surface area contributed by atoms with E-state index in [2.05, 4.69) is 32.7 Å². The number of aromatic nitrogens is 1. The minimum atomic E-state index is -0.417. The Morgan fingerprint density at radius 2 is 2.14 bits per heavy atom. The third-order valence-electron chi connectivity index (χ3n) is 4.49. The van der Waals surface area contributed by atoms with Gasteiger partial charge in [0.25, 0.3) is 5.91 Å². The van der Waals surface area contributed by atoms with Crippen LogP contribution < -0.4 is 10.1 Å². The first-order valence-corrected chi connectivity index (χ1v) is 10.1. The monoisotopic (exact) mass is 459 g/mol. The van der Waals surface area contributed by atoms with Gasteiger partial charge >= 0.3 is 0 Å². The second kappa shape index (κ2) is 10.8. The van der Waals surface area contributed by atoms with Gasteiger partial charge in [0.2, 0.25) is 0 Å². The van der Waals surface area contributed by atoms with Crippen molar-refractivity contribution in [2.24, 2.45) is 0 Å². The first-order chi connectivity index (χ1) is 13.9. The Kier molecular flexibility index (Phi) is 8.50. The lowest BCUT2D eigenvalue weighted by Crippen LogP contribution is -2.29. The van der Waals surface area contributed by atoms with Crippen LogP contribution in [-0.4, -0.2) is 37.3 Å². The molecule has 0 spiro atoms. The second-order valence-electron chi connectivity index (χ2n) is 6.73. The maximum absolute atomic E-state index is 12.4. The predicted molar refractivity (Wildman–Crippen MR) is 117 cm³/mol. The molecule has 0 saturated carbocycles. The maximum Gasteiger partial charge on any atom is 0.262 e. The van der Waals surface area contributed by atoms with Crippen LogP contribution >= 0.6 is 15.9 Å². The van der Waals surface area contributed by atoms with Crippen molar-refractivity contribution < 1.29 is 14.3 Å². The van der Waals surface area contributed by atoms with Crippen LogP contribution in [0.3, 0.4) is 0 Å². The molecule has 0 saturated heterocycles. The summed E-state index contributed by atoms with van der Waals surface area (Å²) in [6.07, 6.45) is 1.63. The number of hydrogen-bond acceptors (Lipinski definition) is 4. The number of nitriles is 1. The summed E-state index contributed by atoms with van der Waals surface area (Å²) in [6.45, 7) is 7.24. The molecule has 154 valence electrons. The molecule has 1 atom stereocenters. The topological polar surface area (TPSA) is 76.3 Å². The normalized spacial score (nSPS) is 12.3. The van der Waals surface area contributed by atoms with Crippen LogP contribution in [0.25, 0.3) is 6.08 Å². The number of aryl methyl sites for hydroxylation is 1. The number of halogens is 1. The maximum atomic E-state index is 12.4. The lowest BCUT2D eigenvalue weighted by molar-refractivity contribution is -0.117. The van der Waals surface area contributed by atoms with Gasteiger partial charge in [0.05, 0.1) is 19.2 Å². The number of ether oxygens (including phenoxy) is 2. The third-order valence-corrected chi connectivity index (χ3v) is 4.98. The Morgan fingerprint density at radius 3 is 2.79 bits per heavy atom. The Bertz CT molecular complexity index is 928. The summed E-state index contributed by atoms with van der Waals surface area (Å²) in [5.74, 6) is 0.294. The van der Waals surface area contributed by atoms with E-state index >= 15 is 0 Å². The van der Waals surface area contributed by atoms with Crippen molar-refractivity contribution in [3.05, 3.63) is 57.3 Å². The van der Waals surface area contributed by atoms with Crippen molar-refractivity contribution in [2.75, 3.05) is 26.9 Å². The lowest BCUT2D eigenvalue weighted by atomic mass is 10.1. The quantitative estimate of drug-likeness (QED) is 0.346. The van der Waals surface area contributed by atoms with Gasteiger partial charge in [-0.25, -0.2) is 0 Å². The fourth-order valence-electron chi connectivity index (χ4n) is 3.23. The second-order valence-corrected chi connectivity index (χ2v) is 7.65. The number of amides is 1. The minimum Gasteiger partial charge on any atom is -0.492 e. The highest BCUT2D eigenvalue weighted by Gasteiger charge is 2.15. The number of nitrogens with one attached hydrogen (secondary N) is 1. The first-order valence-electron chi connectivity index (χ1n) is 9.33. The van der Waals surface area contributed by atoms with Gasteiger partial charge in [0.15, 0.2) is 0 Å². The van der Waals surface area contributed by atoms with E-state index in [1.165, 1.54) is 0 Å². The van der Waals surface area contributed by atoms with Gasteiger partial charge in [0.1, 0.15) is 24.0 Å². The van der Waals surface area contributed by atoms with E-state index in [-0.39, 0.29) is 11.6 Å². The smallest absolute Gasteiger partial charge is 0.262 e. The van der Waals surface area contributed by atoms with Crippen LogP contribution in [0.4, 0.5) is 0 Å². The number of rotatable bonds is 9. The molecule has 1 amide bonds. The van der Waals surface area contributed by atoms with Crippen LogP contribution in [0, 0.1) is 25.2 Å². The number of carbonyl (C=O) groups is 1. The summed E-state index contributed by atoms with van der Waals surface area (Å²) in [6, 6.07) is 11.6. The summed E-state index contributed by atoms with van der Waals surface area (Å²) < 4.78 is 13.9. The summed E-state index contributed by atoms with van der Waals surface area (Å²) in [5.41, 5.74) is 2.96. The van der Waals surface area contributed by atoms with E-state index < -0.39 is 5.91 Å². The van der Waals surface area contributed by atoms with E-state index in [0.717, 1.165) is 21.4 Å². The molecule has 1 aromatic carbocycles. The number of nitrogens with zero attached hydrogens (tertiary/aromatic N) is 2. The molecule has 1 N–H and O–H groups in total. The largest absolute Gasteiger partial charge is 0.492 e. The lowest BCUT2D eigenvalue weighted by Gasteiger charge is -2.17. The number of methoxy groups -OCH3 is 1. The van der Waals surface area contributed by atoms with Gasteiger partial charge < -0.3 is 19.4 Å². The summed E-state index contributed by atoms with van der Waals surface area (Å²) in [4.78, 5) is 12.4. The molecule has 0 bridgehead atoms. The highest BCUT2D eigenvalue weighted by atomic mass is 79.9. The van der Waals surface area contributed by atoms with Gasteiger partial charge in [0, 0.05) is 23.0 Å². The molecule has 2 rings (SSSR count). The Morgan fingerprint density at radius 1 is 1.38 bits per heavy atom. The average molecular weight is 460 g/mol. The molecule has 0 aliphatic rings. The highest BCUT2D eigenvalue weighted by molar-refractivity contribution is 9.10. The molecule has 6 nitrogen and oxygen atoms in total. The fraction of sp³-hybridized carbons (Fsp3) is 0.364. The summed E-state index contributed by atoms with van der Waals surface area (Å²) in [7, 11) is 1.67. The van der Waals surface area contributed by atoms with Crippen LogP contribution in [0.15, 0.2) is 40.4 Å². The third kappa shape index (κ3) is 6.21. The van der Waals surface area contributed by atoms with Crippen LogP contribution in [0.1, 0.15) is 29.9 Å². The van der Waals surface area contributed by atoms with Gasteiger partial charge in [-0.1, -0.05) is 22.0 Å². The van der Waals surface area contributed by atoms with E-state index in [4.69, 9.17) is 9.47 Å². The van der Waals surface area contributed by atoms with Crippen LogP contribution in [-0.2, 0) is 9.53 Å². The van der Waals surface area contributed by atoms with Crippen LogP contribution in [0.5, 0.6) is 5.75 Å². The predicted octanol–water partition coefficient (Wildman–Crippen LogP) is 4.18. The Labute approximate surface area is 180 Å². The molecule has 2 aromatic rings. The molecule has 0 aliphatic carbocycles. The molecule has 0 aliphatic heterocycles. The summed E-state index contributed by atoms with van der Waals surface area (Å²) in [5, 5.41) is 12.2. The molecule has 1 heterocycles. The van der Waals surface area contributed by atoms with Crippen LogP contribution in [0.2, 0.25) is 0 Å². The minimum absolute atomic E-state index is 0.0621. The van der Waals surface area contributed by atoms with Crippen molar-refractivity contribution in [1.29, 1.82) is 5.26 Å². The van der Waals surface area contributed by atoms with Crippen molar-refractivity contribution in [2.45, 2.75) is 26.8 Å². The molecule has 29 heavy (non-hydrogen) atoms. The Balaban J connectivity index is 2.01. The fourth-order valence-corrected chi connectivity index (χ4v) is 3.61. The molecule has 1 aromatic heterocycles. The highest BCUT2D eigenvalue weighted by Crippen LogP contribution is 2.23.